The molecule has 0 radical (unpaired) electrons. The van der Waals surface area contributed by atoms with Crippen molar-refractivity contribution in [2.24, 2.45) is 5.92 Å². The van der Waals surface area contributed by atoms with Crippen molar-refractivity contribution >= 4 is 27.6 Å². The first-order valence-corrected chi connectivity index (χ1v) is 7.43. The summed E-state index contributed by atoms with van der Waals surface area (Å²) in [4.78, 5) is 13.9. The van der Waals surface area contributed by atoms with Crippen molar-refractivity contribution in [2.45, 2.75) is 12.8 Å². The first-order valence-electron chi connectivity index (χ1n) is 6.64. The maximum absolute atomic E-state index is 12.2. The number of aliphatic hydroxyl groups is 1. The fraction of sp³-hybridized carbons (Fsp3) is 0.500. The van der Waals surface area contributed by atoms with Crippen molar-refractivity contribution in [1.82, 2.24) is 4.90 Å². The Morgan fingerprint density at radius 2 is 2.40 bits per heavy atom. The van der Waals surface area contributed by atoms with E-state index in [1.807, 2.05) is 12.1 Å². The highest BCUT2D eigenvalue weighted by molar-refractivity contribution is 9.10. The van der Waals surface area contributed by atoms with Crippen LogP contribution in [0.3, 0.4) is 0 Å². The molecule has 2 amide bonds. The van der Waals surface area contributed by atoms with Crippen LogP contribution in [0.1, 0.15) is 12.8 Å². The highest BCUT2D eigenvalue weighted by Gasteiger charge is 2.23. The Morgan fingerprint density at radius 1 is 1.60 bits per heavy atom. The number of amides is 2. The number of hydrogen-bond acceptors (Lipinski definition) is 3. The van der Waals surface area contributed by atoms with Crippen LogP contribution < -0.4 is 10.1 Å². The van der Waals surface area contributed by atoms with Crippen LogP contribution in [0.5, 0.6) is 5.75 Å². The number of nitrogens with zero attached hydrogens (tertiary/aromatic N) is 1. The average Bonchev–Trinajstić information content (AvgIpc) is 2.49. The van der Waals surface area contributed by atoms with Crippen LogP contribution in [-0.4, -0.2) is 42.8 Å². The van der Waals surface area contributed by atoms with E-state index in [4.69, 9.17) is 4.74 Å². The van der Waals surface area contributed by atoms with Crippen molar-refractivity contribution in [1.29, 1.82) is 0 Å². The molecule has 0 aromatic heterocycles. The fourth-order valence-electron chi connectivity index (χ4n) is 2.34. The van der Waals surface area contributed by atoms with Gasteiger partial charge in [0.2, 0.25) is 0 Å². The smallest absolute Gasteiger partial charge is 0.321 e. The van der Waals surface area contributed by atoms with Crippen LogP contribution in [0.15, 0.2) is 22.7 Å². The number of nitrogens with one attached hydrogen (secondary N) is 1. The van der Waals surface area contributed by atoms with Gasteiger partial charge in [-0.15, -0.1) is 0 Å². The zero-order valence-corrected chi connectivity index (χ0v) is 13.0. The van der Waals surface area contributed by atoms with Crippen LogP contribution in [0, 0.1) is 5.92 Å². The number of benzene rings is 1. The molecule has 1 saturated heterocycles. The van der Waals surface area contributed by atoms with E-state index in [-0.39, 0.29) is 18.6 Å². The zero-order chi connectivity index (χ0) is 14.5. The first kappa shape index (κ1) is 15.1. The van der Waals surface area contributed by atoms with Gasteiger partial charge in [-0.05, 0) is 46.8 Å². The number of rotatable bonds is 3. The average molecular weight is 343 g/mol. The second-order valence-electron chi connectivity index (χ2n) is 4.92. The van der Waals surface area contributed by atoms with Crippen LogP contribution in [-0.2, 0) is 0 Å². The molecule has 20 heavy (non-hydrogen) atoms. The molecule has 1 aliphatic heterocycles. The summed E-state index contributed by atoms with van der Waals surface area (Å²) in [7, 11) is 1.59. The van der Waals surface area contributed by atoms with Gasteiger partial charge in [0.15, 0.2) is 0 Å². The number of aliphatic hydroxyl groups excluding tert-OH is 1. The lowest BCUT2D eigenvalue weighted by molar-refractivity contribution is 0.136. The van der Waals surface area contributed by atoms with Crippen LogP contribution in [0.2, 0.25) is 0 Å². The molecule has 5 nitrogen and oxygen atoms in total. The molecule has 2 N–H and O–H groups in total. The van der Waals surface area contributed by atoms with E-state index in [2.05, 4.69) is 21.2 Å². The molecule has 1 atom stereocenters. The number of ether oxygens (including phenoxy) is 1. The largest absolute Gasteiger partial charge is 0.495 e. The Bertz CT molecular complexity index is 481. The van der Waals surface area contributed by atoms with Crippen molar-refractivity contribution in [3.63, 3.8) is 0 Å². The van der Waals surface area contributed by atoms with Crippen molar-refractivity contribution in [2.75, 3.05) is 32.1 Å². The highest BCUT2D eigenvalue weighted by atomic mass is 79.9. The van der Waals surface area contributed by atoms with E-state index in [1.165, 1.54) is 0 Å². The van der Waals surface area contributed by atoms with Crippen LogP contribution in [0.4, 0.5) is 10.5 Å². The molecular formula is C14H19BrN2O3. The van der Waals surface area contributed by atoms with Crippen LogP contribution in [0.25, 0.3) is 0 Å². The minimum atomic E-state index is -0.132. The minimum Gasteiger partial charge on any atom is -0.495 e. The normalized spacial score (nSPS) is 18.8. The fourth-order valence-corrected chi connectivity index (χ4v) is 2.75. The van der Waals surface area contributed by atoms with E-state index < -0.39 is 0 Å². The number of piperidine rings is 1. The zero-order valence-electron chi connectivity index (χ0n) is 11.4. The number of halogens is 1. The Labute approximate surface area is 127 Å². The lowest BCUT2D eigenvalue weighted by Gasteiger charge is -2.31. The molecule has 6 heteroatoms. The number of anilines is 1. The summed E-state index contributed by atoms with van der Waals surface area (Å²) >= 11 is 3.37. The van der Waals surface area contributed by atoms with Gasteiger partial charge in [-0.2, -0.15) is 0 Å². The summed E-state index contributed by atoms with van der Waals surface area (Å²) in [6.07, 6.45) is 1.91. The summed E-state index contributed by atoms with van der Waals surface area (Å²) in [5.41, 5.74) is 0.696. The van der Waals surface area contributed by atoms with Gasteiger partial charge in [0.05, 0.1) is 11.6 Å². The molecule has 1 fully saturated rings. The molecule has 1 aromatic carbocycles. The van der Waals surface area contributed by atoms with Crippen molar-refractivity contribution in [3.8, 4) is 5.75 Å². The maximum Gasteiger partial charge on any atom is 0.321 e. The lowest BCUT2D eigenvalue weighted by Crippen LogP contribution is -2.43. The van der Waals surface area contributed by atoms with E-state index in [0.29, 0.717) is 18.0 Å². The summed E-state index contributed by atoms with van der Waals surface area (Å²) < 4.78 is 6.05. The highest BCUT2D eigenvalue weighted by Crippen LogP contribution is 2.28. The second-order valence-corrected chi connectivity index (χ2v) is 5.77. The molecule has 1 aromatic rings. The third-order valence-electron chi connectivity index (χ3n) is 3.47. The molecule has 2 rings (SSSR count). The van der Waals surface area contributed by atoms with Crippen molar-refractivity contribution in [3.05, 3.63) is 22.7 Å². The predicted octanol–water partition coefficient (Wildman–Crippen LogP) is 2.69. The third kappa shape index (κ3) is 3.64. The van der Waals surface area contributed by atoms with E-state index in [1.54, 1.807) is 18.1 Å². The molecule has 0 aliphatic carbocycles. The minimum absolute atomic E-state index is 0.132. The lowest BCUT2D eigenvalue weighted by atomic mass is 9.99. The summed E-state index contributed by atoms with van der Waals surface area (Å²) in [5.74, 6) is 0.864. The molecule has 110 valence electrons. The van der Waals surface area contributed by atoms with E-state index in [0.717, 1.165) is 23.9 Å². The monoisotopic (exact) mass is 342 g/mol. The summed E-state index contributed by atoms with van der Waals surface area (Å²) in [6.45, 7) is 1.47. The SMILES string of the molecule is COc1cc(NC(=O)N2CCCC(CO)C2)ccc1Br. The Morgan fingerprint density at radius 3 is 3.10 bits per heavy atom. The van der Waals surface area contributed by atoms with Gasteiger partial charge in [-0.25, -0.2) is 4.79 Å². The Balaban J connectivity index is 2.00. The van der Waals surface area contributed by atoms with Gasteiger partial charge in [-0.3, -0.25) is 0 Å². The molecule has 1 unspecified atom stereocenters. The number of hydrogen-bond donors (Lipinski definition) is 2. The number of methoxy groups -OCH3 is 1. The maximum atomic E-state index is 12.2. The van der Waals surface area contributed by atoms with Crippen LogP contribution >= 0.6 is 15.9 Å². The number of carbonyl (C=O) groups excluding carboxylic acids is 1. The van der Waals surface area contributed by atoms with Gasteiger partial charge in [0.1, 0.15) is 5.75 Å². The Kier molecular flexibility index (Phi) is 5.25. The number of carbonyl (C=O) groups is 1. The summed E-state index contributed by atoms with van der Waals surface area (Å²) in [5, 5.41) is 12.1. The second kappa shape index (κ2) is 6.95. The Hall–Kier alpha value is -1.27. The first-order chi connectivity index (χ1) is 9.63. The van der Waals surface area contributed by atoms with Gasteiger partial charge >= 0.3 is 6.03 Å². The number of urea groups is 1. The van der Waals surface area contributed by atoms with Gasteiger partial charge in [0, 0.05) is 31.5 Å². The van der Waals surface area contributed by atoms with Gasteiger partial charge in [0.25, 0.3) is 0 Å². The van der Waals surface area contributed by atoms with Gasteiger partial charge in [-0.1, -0.05) is 0 Å². The van der Waals surface area contributed by atoms with E-state index >= 15 is 0 Å². The molecule has 1 aliphatic rings. The summed E-state index contributed by atoms with van der Waals surface area (Å²) in [6, 6.07) is 5.29. The quantitative estimate of drug-likeness (QED) is 0.887. The predicted molar refractivity (Wildman–Crippen MR) is 81.1 cm³/mol. The molecule has 0 bridgehead atoms. The topological polar surface area (TPSA) is 61.8 Å². The molecular weight excluding hydrogens is 324 g/mol. The third-order valence-corrected chi connectivity index (χ3v) is 4.12. The molecule has 0 spiro atoms. The van der Waals surface area contributed by atoms with E-state index in [9.17, 15) is 9.90 Å². The van der Waals surface area contributed by atoms with Gasteiger partial charge < -0.3 is 20.1 Å². The molecule has 1 heterocycles. The molecule has 0 saturated carbocycles. The van der Waals surface area contributed by atoms with Crippen molar-refractivity contribution < 1.29 is 14.6 Å². The standard InChI is InChI=1S/C14H19BrN2O3/c1-20-13-7-11(4-5-12(13)15)16-14(19)17-6-2-3-10(8-17)9-18/h4-5,7,10,18H,2-3,6,8-9H2,1H3,(H,16,19). The number of likely N-dealkylation sites (tertiary alicyclic amines) is 1.